The Morgan fingerprint density at radius 1 is 1.35 bits per heavy atom. The molecule has 0 aliphatic carbocycles. The van der Waals surface area contributed by atoms with E-state index in [1.54, 1.807) is 23.1 Å². The maximum atomic E-state index is 12.2. The topological polar surface area (TPSA) is 64.7 Å². The molecule has 0 aliphatic heterocycles. The molecular formula is C13H19N5OS. The molecule has 0 saturated heterocycles. The number of aromatic nitrogens is 4. The summed E-state index contributed by atoms with van der Waals surface area (Å²) < 4.78 is 3.68. The number of thioether (sulfide) groups is 1. The number of aryl methyl sites for hydroxylation is 1. The molecule has 2 aromatic heterocycles. The number of anilines is 1. The van der Waals surface area contributed by atoms with E-state index in [9.17, 15) is 4.79 Å². The Labute approximate surface area is 122 Å². The third kappa shape index (κ3) is 3.22. The normalized spacial score (nSPS) is 12.7. The molecule has 0 unspecified atom stereocenters. The van der Waals surface area contributed by atoms with E-state index in [-0.39, 0.29) is 17.2 Å². The van der Waals surface area contributed by atoms with Crippen LogP contribution in [-0.4, -0.2) is 30.5 Å². The number of amides is 1. The summed E-state index contributed by atoms with van der Waals surface area (Å²) >= 11 is 1.43. The second-order valence-electron chi connectivity index (χ2n) is 4.82. The highest BCUT2D eigenvalue weighted by molar-refractivity contribution is 8.00. The van der Waals surface area contributed by atoms with Crippen LogP contribution in [0.15, 0.2) is 29.8 Å². The summed E-state index contributed by atoms with van der Waals surface area (Å²) in [6.45, 7) is 5.91. The summed E-state index contributed by atoms with van der Waals surface area (Å²) in [6, 6.07) is 2.01. The zero-order chi connectivity index (χ0) is 14.7. The van der Waals surface area contributed by atoms with Gasteiger partial charge in [-0.05, 0) is 20.8 Å². The molecule has 7 heteroatoms. The number of carbonyl (C=O) groups is 1. The molecular weight excluding hydrogens is 274 g/mol. The zero-order valence-corrected chi connectivity index (χ0v) is 12.9. The Morgan fingerprint density at radius 3 is 2.70 bits per heavy atom. The zero-order valence-electron chi connectivity index (χ0n) is 12.1. The molecule has 20 heavy (non-hydrogen) atoms. The minimum absolute atomic E-state index is 0.0552. The van der Waals surface area contributed by atoms with Gasteiger partial charge in [0.05, 0.1) is 11.4 Å². The van der Waals surface area contributed by atoms with Gasteiger partial charge in [-0.2, -0.15) is 5.10 Å². The van der Waals surface area contributed by atoms with E-state index in [1.165, 1.54) is 11.8 Å². The molecule has 0 bridgehead atoms. The average Bonchev–Trinajstić information content (AvgIpc) is 2.99. The minimum Gasteiger partial charge on any atom is -0.329 e. The van der Waals surface area contributed by atoms with Crippen molar-refractivity contribution in [2.24, 2.45) is 7.05 Å². The number of carbonyl (C=O) groups excluding carboxylic acids is 1. The molecule has 1 N–H and O–H groups in total. The maximum absolute atomic E-state index is 12.2. The van der Waals surface area contributed by atoms with Crippen LogP contribution in [0.5, 0.6) is 0 Å². The van der Waals surface area contributed by atoms with Gasteiger partial charge in [-0.25, -0.2) is 9.67 Å². The van der Waals surface area contributed by atoms with Gasteiger partial charge >= 0.3 is 0 Å². The van der Waals surface area contributed by atoms with Crippen LogP contribution >= 0.6 is 11.8 Å². The Hall–Kier alpha value is -1.76. The van der Waals surface area contributed by atoms with Gasteiger partial charge in [-0.1, -0.05) is 11.8 Å². The van der Waals surface area contributed by atoms with E-state index in [0.717, 1.165) is 11.0 Å². The largest absolute Gasteiger partial charge is 0.329 e. The fourth-order valence-corrected chi connectivity index (χ4v) is 2.56. The van der Waals surface area contributed by atoms with E-state index in [0.29, 0.717) is 0 Å². The predicted octanol–water partition coefficient (Wildman–Crippen LogP) is 2.32. The van der Waals surface area contributed by atoms with Gasteiger partial charge < -0.3 is 9.88 Å². The van der Waals surface area contributed by atoms with Crippen molar-refractivity contribution < 1.29 is 4.79 Å². The van der Waals surface area contributed by atoms with Crippen molar-refractivity contribution in [2.75, 3.05) is 5.32 Å². The van der Waals surface area contributed by atoms with Crippen molar-refractivity contribution >= 4 is 23.5 Å². The van der Waals surface area contributed by atoms with E-state index >= 15 is 0 Å². The lowest BCUT2D eigenvalue weighted by molar-refractivity contribution is -0.115. The van der Waals surface area contributed by atoms with Crippen molar-refractivity contribution in [1.82, 2.24) is 19.3 Å². The summed E-state index contributed by atoms with van der Waals surface area (Å²) in [6.07, 6.45) is 5.27. The summed E-state index contributed by atoms with van der Waals surface area (Å²) in [5, 5.41) is 7.70. The highest BCUT2D eigenvalue weighted by Gasteiger charge is 2.18. The van der Waals surface area contributed by atoms with Gasteiger partial charge in [0.1, 0.15) is 5.82 Å². The van der Waals surface area contributed by atoms with Crippen LogP contribution < -0.4 is 5.32 Å². The number of rotatable bonds is 5. The summed E-state index contributed by atoms with van der Waals surface area (Å²) in [7, 11) is 1.91. The maximum Gasteiger partial charge on any atom is 0.238 e. The second-order valence-corrected chi connectivity index (χ2v) is 6.13. The van der Waals surface area contributed by atoms with Crippen LogP contribution in [0, 0.1) is 0 Å². The van der Waals surface area contributed by atoms with Crippen LogP contribution in [0.25, 0.3) is 0 Å². The van der Waals surface area contributed by atoms with Crippen molar-refractivity contribution in [2.45, 2.75) is 37.2 Å². The SMILES string of the molecule is CC(C)n1nccc1NC(=O)[C@H](C)Sc1nccn1C. The fraction of sp³-hybridized carbons (Fsp3) is 0.462. The number of hydrogen-bond acceptors (Lipinski definition) is 4. The van der Waals surface area contributed by atoms with Crippen LogP contribution in [0.2, 0.25) is 0 Å². The Morgan fingerprint density at radius 2 is 2.10 bits per heavy atom. The lowest BCUT2D eigenvalue weighted by Crippen LogP contribution is -2.24. The van der Waals surface area contributed by atoms with Gasteiger partial charge in [0.25, 0.3) is 0 Å². The standard InChI is InChI=1S/C13H19N5OS/c1-9(2)18-11(5-6-15-18)16-12(19)10(3)20-13-14-7-8-17(13)4/h5-10H,1-4H3,(H,16,19)/t10-/m0/s1. The number of nitrogens with zero attached hydrogens (tertiary/aromatic N) is 4. The smallest absolute Gasteiger partial charge is 0.238 e. The molecule has 2 aromatic rings. The number of imidazole rings is 1. The van der Waals surface area contributed by atoms with E-state index in [4.69, 9.17) is 0 Å². The Balaban J connectivity index is 2.01. The van der Waals surface area contributed by atoms with E-state index < -0.39 is 0 Å². The molecule has 2 rings (SSSR count). The minimum atomic E-state index is -0.230. The van der Waals surface area contributed by atoms with Crippen molar-refractivity contribution in [3.05, 3.63) is 24.7 Å². The van der Waals surface area contributed by atoms with Crippen LogP contribution in [0.1, 0.15) is 26.8 Å². The Bertz CT molecular complexity index is 589. The monoisotopic (exact) mass is 293 g/mol. The third-order valence-corrected chi connectivity index (χ3v) is 4.01. The predicted molar refractivity (Wildman–Crippen MR) is 79.8 cm³/mol. The van der Waals surface area contributed by atoms with E-state index in [1.807, 2.05) is 38.6 Å². The first-order valence-electron chi connectivity index (χ1n) is 6.47. The summed E-state index contributed by atoms with van der Waals surface area (Å²) in [5.41, 5.74) is 0. The molecule has 1 atom stereocenters. The molecule has 6 nitrogen and oxygen atoms in total. The average molecular weight is 293 g/mol. The molecule has 0 radical (unpaired) electrons. The van der Waals surface area contributed by atoms with Crippen LogP contribution in [0.4, 0.5) is 5.82 Å². The van der Waals surface area contributed by atoms with Gasteiger partial charge in [-0.15, -0.1) is 0 Å². The van der Waals surface area contributed by atoms with E-state index in [2.05, 4.69) is 15.4 Å². The first kappa shape index (κ1) is 14.6. The Kier molecular flexibility index (Phi) is 4.49. The van der Waals surface area contributed by atoms with Crippen LogP contribution in [0.3, 0.4) is 0 Å². The van der Waals surface area contributed by atoms with Crippen molar-refractivity contribution in [3.8, 4) is 0 Å². The van der Waals surface area contributed by atoms with Crippen molar-refractivity contribution in [1.29, 1.82) is 0 Å². The molecule has 108 valence electrons. The summed E-state index contributed by atoms with van der Waals surface area (Å²) in [4.78, 5) is 16.4. The lowest BCUT2D eigenvalue weighted by Gasteiger charge is -2.14. The molecule has 0 fully saturated rings. The highest BCUT2D eigenvalue weighted by atomic mass is 32.2. The molecule has 0 aliphatic rings. The lowest BCUT2D eigenvalue weighted by atomic mass is 10.4. The number of nitrogens with one attached hydrogen (secondary N) is 1. The quantitative estimate of drug-likeness (QED) is 0.859. The molecule has 0 spiro atoms. The van der Waals surface area contributed by atoms with Crippen molar-refractivity contribution in [3.63, 3.8) is 0 Å². The van der Waals surface area contributed by atoms with Gasteiger partial charge in [0.2, 0.25) is 5.91 Å². The van der Waals surface area contributed by atoms with Gasteiger partial charge in [0, 0.05) is 31.5 Å². The summed E-state index contributed by atoms with van der Waals surface area (Å²) in [5.74, 6) is 0.665. The number of hydrogen-bond donors (Lipinski definition) is 1. The second kappa shape index (κ2) is 6.13. The third-order valence-electron chi connectivity index (χ3n) is 2.84. The molecule has 1 amide bonds. The molecule has 0 aromatic carbocycles. The first-order valence-corrected chi connectivity index (χ1v) is 7.35. The van der Waals surface area contributed by atoms with Gasteiger partial charge in [-0.3, -0.25) is 4.79 Å². The highest BCUT2D eigenvalue weighted by Crippen LogP contribution is 2.22. The molecule has 2 heterocycles. The first-order chi connectivity index (χ1) is 9.49. The fourth-order valence-electron chi connectivity index (χ4n) is 1.73. The van der Waals surface area contributed by atoms with Gasteiger partial charge in [0.15, 0.2) is 5.16 Å². The molecule has 0 saturated carbocycles. The van der Waals surface area contributed by atoms with Crippen LogP contribution in [-0.2, 0) is 11.8 Å².